The molecule has 0 atom stereocenters. The molecule has 2 aromatic rings. The monoisotopic (exact) mass is 313 g/mol. The fourth-order valence-electron chi connectivity index (χ4n) is 2.69. The molecule has 0 unspecified atom stereocenters. The van der Waals surface area contributed by atoms with E-state index in [2.05, 4.69) is 75.9 Å². The van der Waals surface area contributed by atoms with Crippen LogP contribution in [0.3, 0.4) is 0 Å². The van der Waals surface area contributed by atoms with Crippen molar-refractivity contribution in [2.24, 2.45) is 0 Å². The van der Waals surface area contributed by atoms with E-state index in [0.29, 0.717) is 0 Å². The highest BCUT2D eigenvalue weighted by Gasteiger charge is 2.17. The Bertz CT molecular complexity index is 618. The SMILES string of the molecule is C=C1Cc2ccccc2N(CBr)Cc2ccccc21. The number of hydrogen-bond acceptors (Lipinski definition) is 1. The molecule has 0 radical (unpaired) electrons. The van der Waals surface area contributed by atoms with Gasteiger partial charge < -0.3 is 4.90 Å². The summed E-state index contributed by atoms with van der Waals surface area (Å²) in [6, 6.07) is 17.2. The normalized spacial score (nSPS) is 14.4. The Hall–Kier alpha value is -1.54. The first kappa shape index (κ1) is 12.5. The maximum atomic E-state index is 4.28. The predicted molar refractivity (Wildman–Crippen MR) is 85.6 cm³/mol. The van der Waals surface area contributed by atoms with Crippen molar-refractivity contribution in [3.8, 4) is 0 Å². The third-order valence-electron chi connectivity index (χ3n) is 3.64. The van der Waals surface area contributed by atoms with Crippen molar-refractivity contribution in [1.82, 2.24) is 0 Å². The van der Waals surface area contributed by atoms with E-state index in [4.69, 9.17) is 0 Å². The first-order chi connectivity index (χ1) is 9.29. The van der Waals surface area contributed by atoms with Crippen LogP contribution in [0.4, 0.5) is 5.69 Å². The van der Waals surface area contributed by atoms with Crippen LogP contribution in [0.5, 0.6) is 0 Å². The highest BCUT2D eigenvalue weighted by molar-refractivity contribution is 9.09. The number of allylic oxidation sites excluding steroid dienone is 1. The van der Waals surface area contributed by atoms with Crippen LogP contribution in [0.1, 0.15) is 16.7 Å². The zero-order chi connectivity index (χ0) is 13.2. The van der Waals surface area contributed by atoms with E-state index in [-0.39, 0.29) is 0 Å². The second-order valence-corrected chi connectivity index (χ2v) is 5.39. The molecule has 1 aliphatic heterocycles. The van der Waals surface area contributed by atoms with E-state index in [9.17, 15) is 0 Å². The minimum Gasteiger partial charge on any atom is -0.357 e. The van der Waals surface area contributed by atoms with Crippen LogP contribution in [0.25, 0.3) is 5.57 Å². The van der Waals surface area contributed by atoms with Crippen LogP contribution in [0.15, 0.2) is 55.1 Å². The number of para-hydroxylation sites is 1. The first-order valence-electron chi connectivity index (χ1n) is 6.44. The second-order valence-electron chi connectivity index (χ2n) is 4.88. The number of anilines is 1. The lowest BCUT2D eigenvalue weighted by Gasteiger charge is -2.29. The van der Waals surface area contributed by atoms with Crippen molar-refractivity contribution in [3.05, 3.63) is 71.8 Å². The molecule has 0 bridgehead atoms. The standard InChI is InChI=1S/C17H16BrN/c1-13-10-14-6-3-5-9-17(14)19(12-18)11-15-7-2-4-8-16(13)15/h2-9H,1,10-12H2. The average molecular weight is 314 g/mol. The molecule has 0 saturated heterocycles. The number of rotatable bonds is 1. The fourth-order valence-corrected chi connectivity index (χ4v) is 3.14. The van der Waals surface area contributed by atoms with Gasteiger partial charge in [-0.3, -0.25) is 0 Å². The van der Waals surface area contributed by atoms with E-state index in [0.717, 1.165) is 18.4 Å². The third kappa shape index (κ3) is 2.33. The second kappa shape index (κ2) is 5.22. The van der Waals surface area contributed by atoms with Gasteiger partial charge in [-0.15, -0.1) is 0 Å². The van der Waals surface area contributed by atoms with Crippen molar-refractivity contribution in [2.45, 2.75) is 13.0 Å². The highest BCUT2D eigenvalue weighted by Crippen LogP contribution is 2.32. The summed E-state index contributed by atoms with van der Waals surface area (Å²) < 4.78 is 0. The number of fused-ring (bicyclic) bond motifs is 2. The molecule has 0 amide bonds. The topological polar surface area (TPSA) is 3.24 Å². The molecule has 0 spiro atoms. The van der Waals surface area contributed by atoms with Crippen LogP contribution in [-0.2, 0) is 13.0 Å². The molecule has 2 heteroatoms. The summed E-state index contributed by atoms with van der Waals surface area (Å²) in [7, 11) is 0. The van der Waals surface area contributed by atoms with Crippen molar-refractivity contribution >= 4 is 27.2 Å². The summed E-state index contributed by atoms with van der Waals surface area (Å²) in [4.78, 5) is 2.36. The number of alkyl halides is 1. The van der Waals surface area contributed by atoms with E-state index in [1.165, 1.54) is 28.0 Å². The molecule has 1 heterocycles. The van der Waals surface area contributed by atoms with Crippen molar-refractivity contribution in [1.29, 1.82) is 0 Å². The van der Waals surface area contributed by atoms with E-state index >= 15 is 0 Å². The maximum Gasteiger partial charge on any atom is 0.0739 e. The minimum absolute atomic E-state index is 0.838. The molecule has 96 valence electrons. The Labute approximate surface area is 122 Å². The van der Waals surface area contributed by atoms with Crippen LogP contribution in [0.2, 0.25) is 0 Å². The van der Waals surface area contributed by atoms with E-state index in [1.54, 1.807) is 0 Å². The molecule has 1 aliphatic rings. The average Bonchev–Trinajstić information content (AvgIpc) is 2.44. The zero-order valence-corrected chi connectivity index (χ0v) is 12.4. The van der Waals surface area contributed by atoms with Crippen LogP contribution in [-0.4, -0.2) is 5.45 Å². The lowest BCUT2D eigenvalue weighted by molar-refractivity contribution is 0.888. The molecular formula is C17H16BrN. The predicted octanol–water partition coefficient (Wildman–Crippen LogP) is 4.61. The third-order valence-corrected chi connectivity index (χ3v) is 4.25. The van der Waals surface area contributed by atoms with Gasteiger partial charge in [0, 0.05) is 12.2 Å². The van der Waals surface area contributed by atoms with Gasteiger partial charge in [0.05, 0.1) is 5.45 Å². The Morgan fingerprint density at radius 1 is 1.00 bits per heavy atom. The Morgan fingerprint density at radius 3 is 2.47 bits per heavy atom. The lowest BCUT2D eigenvalue weighted by Crippen LogP contribution is -2.24. The molecule has 19 heavy (non-hydrogen) atoms. The highest BCUT2D eigenvalue weighted by atomic mass is 79.9. The smallest absolute Gasteiger partial charge is 0.0739 e. The molecule has 0 fully saturated rings. The molecule has 3 rings (SSSR count). The van der Waals surface area contributed by atoms with E-state index < -0.39 is 0 Å². The Kier molecular flexibility index (Phi) is 3.43. The lowest BCUT2D eigenvalue weighted by atomic mass is 9.92. The number of benzene rings is 2. The van der Waals surface area contributed by atoms with Gasteiger partial charge in [-0.05, 0) is 34.8 Å². The summed E-state index contributed by atoms with van der Waals surface area (Å²) in [5.41, 5.74) is 7.34. The van der Waals surface area contributed by atoms with Gasteiger partial charge in [0.1, 0.15) is 0 Å². The van der Waals surface area contributed by atoms with Crippen molar-refractivity contribution in [2.75, 3.05) is 10.4 Å². The number of hydrogen-bond donors (Lipinski definition) is 0. The first-order valence-corrected chi connectivity index (χ1v) is 7.56. The summed E-state index contributed by atoms with van der Waals surface area (Å²) >= 11 is 3.61. The van der Waals surface area contributed by atoms with Gasteiger partial charge in [-0.25, -0.2) is 0 Å². The molecule has 0 aromatic heterocycles. The largest absolute Gasteiger partial charge is 0.357 e. The van der Waals surface area contributed by atoms with Crippen LogP contribution in [0, 0.1) is 0 Å². The molecule has 2 aromatic carbocycles. The molecule has 1 nitrogen and oxygen atoms in total. The summed E-state index contributed by atoms with van der Waals surface area (Å²) in [5.74, 6) is 0. The van der Waals surface area contributed by atoms with E-state index in [1.807, 2.05) is 0 Å². The maximum absolute atomic E-state index is 4.28. The van der Waals surface area contributed by atoms with Crippen molar-refractivity contribution in [3.63, 3.8) is 0 Å². The van der Waals surface area contributed by atoms with Gasteiger partial charge in [0.25, 0.3) is 0 Å². The molecule has 0 aliphatic carbocycles. The molecule has 0 saturated carbocycles. The number of nitrogens with zero attached hydrogens (tertiary/aromatic N) is 1. The van der Waals surface area contributed by atoms with Gasteiger partial charge in [-0.1, -0.05) is 65.0 Å². The minimum atomic E-state index is 0.838. The van der Waals surface area contributed by atoms with Gasteiger partial charge in [0.15, 0.2) is 0 Å². The van der Waals surface area contributed by atoms with Gasteiger partial charge in [0.2, 0.25) is 0 Å². The Morgan fingerprint density at radius 2 is 1.68 bits per heavy atom. The fraction of sp³-hybridized carbons (Fsp3) is 0.176. The van der Waals surface area contributed by atoms with Crippen molar-refractivity contribution < 1.29 is 0 Å². The molecular weight excluding hydrogens is 298 g/mol. The summed E-state index contributed by atoms with van der Waals surface area (Å²) in [5, 5.41) is 0. The zero-order valence-electron chi connectivity index (χ0n) is 10.8. The van der Waals surface area contributed by atoms with Gasteiger partial charge in [-0.2, -0.15) is 0 Å². The summed E-state index contributed by atoms with van der Waals surface area (Å²) in [6.07, 6.45) is 0.913. The Balaban J connectivity index is 2.12. The number of halogens is 1. The van der Waals surface area contributed by atoms with Crippen LogP contribution < -0.4 is 4.90 Å². The summed E-state index contributed by atoms with van der Waals surface area (Å²) in [6.45, 7) is 5.19. The van der Waals surface area contributed by atoms with Gasteiger partial charge >= 0.3 is 0 Å². The quantitative estimate of drug-likeness (QED) is 0.548. The molecule has 0 N–H and O–H groups in total. The van der Waals surface area contributed by atoms with Crippen LogP contribution >= 0.6 is 15.9 Å².